The van der Waals surface area contributed by atoms with Crippen LogP contribution in [-0.4, -0.2) is 63.1 Å². The van der Waals surface area contributed by atoms with Gasteiger partial charge in [-0.05, 0) is 38.3 Å². The summed E-state index contributed by atoms with van der Waals surface area (Å²) in [5.74, 6) is 0.661. The van der Waals surface area contributed by atoms with E-state index in [4.69, 9.17) is 4.74 Å². The summed E-state index contributed by atoms with van der Waals surface area (Å²) >= 11 is 0. The molecule has 4 nitrogen and oxygen atoms in total. The second-order valence-corrected chi connectivity index (χ2v) is 6.74. The first kappa shape index (κ1) is 16.9. The molecule has 0 spiro atoms. The van der Waals surface area contributed by atoms with Gasteiger partial charge in [0.05, 0.1) is 12.7 Å². The van der Waals surface area contributed by atoms with E-state index in [9.17, 15) is 5.11 Å². The molecular formula is C15H32N2O2. The highest BCUT2D eigenvalue weighted by molar-refractivity contribution is 4.93. The standard InChI is InChI=1S/C15H32N2O2/c1-15(2)8-6-7-12(14(15)16-3)9-17(4)10-13(18)11-19-5/h12-14,16,18H,6-11H2,1-5H3. The maximum absolute atomic E-state index is 9.79. The molecule has 1 saturated carbocycles. The van der Waals surface area contributed by atoms with Crippen molar-refractivity contribution in [2.24, 2.45) is 11.3 Å². The van der Waals surface area contributed by atoms with Crippen LogP contribution in [0, 0.1) is 11.3 Å². The Morgan fingerprint density at radius 1 is 1.47 bits per heavy atom. The summed E-state index contributed by atoms with van der Waals surface area (Å²) in [6.07, 6.45) is 3.49. The van der Waals surface area contributed by atoms with Crippen LogP contribution in [0.2, 0.25) is 0 Å². The molecule has 0 bridgehead atoms. The van der Waals surface area contributed by atoms with Crippen molar-refractivity contribution in [2.45, 2.75) is 45.3 Å². The summed E-state index contributed by atoms with van der Waals surface area (Å²) < 4.78 is 4.98. The predicted molar refractivity (Wildman–Crippen MR) is 79.3 cm³/mol. The van der Waals surface area contributed by atoms with E-state index in [1.165, 1.54) is 19.3 Å². The molecule has 0 aromatic heterocycles. The number of nitrogens with zero attached hydrogens (tertiary/aromatic N) is 1. The molecule has 114 valence electrons. The van der Waals surface area contributed by atoms with Crippen molar-refractivity contribution >= 4 is 0 Å². The zero-order valence-electron chi connectivity index (χ0n) is 13.3. The van der Waals surface area contributed by atoms with Gasteiger partial charge in [-0.2, -0.15) is 0 Å². The molecule has 19 heavy (non-hydrogen) atoms. The van der Waals surface area contributed by atoms with E-state index in [0.29, 0.717) is 30.5 Å². The fraction of sp³-hybridized carbons (Fsp3) is 1.00. The zero-order chi connectivity index (χ0) is 14.5. The van der Waals surface area contributed by atoms with Gasteiger partial charge in [0.25, 0.3) is 0 Å². The Morgan fingerprint density at radius 3 is 2.74 bits per heavy atom. The lowest BCUT2D eigenvalue weighted by Gasteiger charge is -2.45. The number of hydrogen-bond acceptors (Lipinski definition) is 4. The quantitative estimate of drug-likeness (QED) is 0.734. The first-order valence-electron chi connectivity index (χ1n) is 7.43. The van der Waals surface area contributed by atoms with Gasteiger partial charge < -0.3 is 20.1 Å². The van der Waals surface area contributed by atoms with Gasteiger partial charge in [0.15, 0.2) is 0 Å². The fourth-order valence-electron chi connectivity index (χ4n) is 3.68. The van der Waals surface area contributed by atoms with E-state index in [1.807, 2.05) is 0 Å². The number of rotatable bonds is 7. The monoisotopic (exact) mass is 272 g/mol. The van der Waals surface area contributed by atoms with Gasteiger partial charge in [0.2, 0.25) is 0 Å². The molecule has 0 aliphatic heterocycles. The number of methoxy groups -OCH3 is 1. The van der Waals surface area contributed by atoms with Gasteiger partial charge in [0.1, 0.15) is 0 Å². The van der Waals surface area contributed by atoms with Crippen molar-refractivity contribution in [1.82, 2.24) is 10.2 Å². The van der Waals surface area contributed by atoms with Gasteiger partial charge in [-0.3, -0.25) is 0 Å². The molecule has 4 heteroatoms. The molecule has 3 atom stereocenters. The summed E-state index contributed by atoms with van der Waals surface area (Å²) in [7, 11) is 5.79. The van der Waals surface area contributed by atoms with Crippen molar-refractivity contribution in [3.63, 3.8) is 0 Å². The average Bonchev–Trinajstić information content (AvgIpc) is 2.28. The highest BCUT2D eigenvalue weighted by Gasteiger charge is 2.38. The molecule has 0 aromatic carbocycles. The van der Waals surface area contributed by atoms with Crippen LogP contribution in [0.15, 0.2) is 0 Å². The smallest absolute Gasteiger partial charge is 0.0899 e. The Balaban J connectivity index is 2.49. The second-order valence-electron chi connectivity index (χ2n) is 6.74. The molecule has 0 amide bonds. The summed E-state index contributed by atoms with van der Waals surface area (Å²) in [5, 5.41) is 13.3. The van der Waals surface area contributed by atoms with Crippen LogP contribution in [-0.2, 0) is 4.74 Å². The first-order valence-corrected chi connectivity index (χ1v) is 7.43. The van der Waals surface area contributed by atoms with Crippen molar-refractivity contribution in [3.8, 4) is 0 Å². The van der Waals surface area contributed by atoms with E-state index in [0.717, 1.165) is 6.54 Å². The van der Waals surface area contributed by atoms with Crippen LogP contribution in [0.4, 0.5) is 0 Å². The lowest BCUT2D eigenvalue weighted by Crippen LogP contribution is -2.51. The van der Waals surface area contributed by atoms with E-state index in [1.54, 1.807) is 7.11 Å². The van der Waals surface area contributed by atoms with Crippen LogP contribution in [0.3, 0.4) is 0 Å². The third-order valence-electron chi connectivity index (χ3n) is 4.45. The third kappa shape index (κ3) is 5.03. The molecule has 1 aliphatic rings. The molecular weight excluding hydrogens is 240 g/mol. The highest BCUT2D eigenvalue weighted by atomic mass is 16.5. The maximum atomic E-state index is 9.79. The maximum Gasteiger partial charge on any atom is 0.0899 e. The van der Waals surface area contributed by atoms with Crippen LogP contribution in [0.5, 0.6) is 0 Å². The number of aliphatic hydroxyl groups is 1. The Kier molecular flexibility index (Phi) is 6.74. The first-order chi connectivity index (χ1) is 8.90. The Hall–Kier alpha value is -0.160. The second kappa shape index (κ2) is 7.58. The summed E-state index contributed by atoms with van der Waals surface area (Å²) in [5.41, 5.74) is 0.365. The molecule has 0 saturated heterocycles. The number of aliphatic hydroxyl groups excluding tert-OH is 1. The minimum atomic E-state index is -0.389. The van der Waals surface area contributed by atoms with Crippen LogP contribution < -0.4 is 5.32 Å². The molecule has 2 N–H and O–H groups in total. The van der Waals surface area contributed by atoms with Crippen LogP contribution in [0.1, 0.15) is 33.1 Å². The van der Waals surface area contributed by atoms with Crippen molar-refractivity contribution in [2.75, 3.05) is 40.9 Å². The highest BCUT2D eigenvalue weighted by Crippen LogP contribution is 2.39. The molecule has 1 rings (SSSR count). The van der Waals surface area contributed by atoms with Gasteiger partial charge in [-0.15, -0.1) is 0 Å². The average molecular weight is 272 g/mol. The lowest BCUT2D eigenvalue weighted by molar-refractivity contribution is 0.0303. The van der Waals surface area contributed by atoms with Crippen molar-refractivity contribution < 1.29 is 9.84 Å². The SMILES string of the molecule is CNC1C(CN(C)CC(O)COC)CCCC1(C)C. The fourth-order valence-corrected chi connectivity index (χ4v) is 3.68. The number of nitrogens with one attached hydrogen (secondary N) is 1. The van der Waals surface area contributed by atoms with Gasteiger partial charge in [0, 0.05) is 26.2 Å². The zero-order valence-corrected chi connectivity index (χ0v) is 13.3. The summed E-state index contributed by atoms with van der Waals surface area (Å²) in [6, 6.07) is 0.559. The van der Waals surface area contributed by atoms with E-state index in [-0.39, 0.29) is 6.10 Å². The summed E-state index contributed by atoms with van der Waals surface area (Å²) in [4.78, 5) is 2.24. The summed E-state index contributed by atoms with van der Waals surface area (Å²) in [6.45, 7) is 6.85. The largest absolute Gasteiger partial charge is 0.389 e. The molecule has 1 aliphatic carbocycles. The van der Waals surface area contributed by atoms with Gasteiger partial charge in [-0.1, -0.05) is 20.3 Å². The predicted octanol–water partition coefficient (Wildman–Crippen LogP) is 1.34. The lowest BCUT2D eigenvalue weighted by atomic mass is 9.68. The molecule has 0 aromatic rings. The molecule has 0 radical (unpaired) electrons. The minimum Gasteiger partial charge on any atom is -0.389 e. The van der Waals surface area contributed by atoms with Gasteiger partial charge >= 0.3 is 0 Å². The number of likely N-dealkylation sites (N-methyl/N-ethyl adjacent to an activating group) is 1. The third-order valence-corrected chi connectivity index (χ3v) is 4.45. The minimum absolute atomic E-state index is 0.365. The molecule has 1 fully saturated rings. The molecule has 0 heterocycles. The van der Waals surface area contributed by atoms with E-state index < -0.39 is 0 Å². The Labute approximate surface area is 118 Å². The topological polar surface area (TPSA) is 44.7 Å². The Bertz CT molecular complexity index is 259. The van der Waals surface area contributed by atoms with Crippen molar-refractivity contribution in [1.29, 1.82) is 0 Å². The number of hydrogen-bond donors (Lipinski definition) is 2. The number of ether oxygens (including phenoxy) is 1. The Morgan fingerprint density at radius 2 is 2.16 bits per heavy atom. The van der Waals surface area contributed by atoms with Crippen LogP contribution in [0.25, 0.3) is 0 Å². The molecule has 3 unspecified atom stereocenters. The normalized spacial score (nSPS) is 28.6. The van der Waals surface area contributed by atoms with E-state index >= 15 is 0 Å². The van der Waals surface area contributed by atoms with Crippen LogP contribution >= 0.6 is 0 Å². The van der Waals surface area contributed by atoms with Crippen molar-refractivity contribution in [3.05, 3.63) is 0 Å². The van der Waals surface area contributed by atoms with E-state index in [2.05, 4.69) is 38.2 Å². The van der Waals surface area contributed by atoms with Gasteiger partial charge in [-0.25, -0.2) is 0 Å².